The summed E-state index contributed by atoms with van der Waals surface area (Å²) >= 11 is 0. The number of piperidine rings is 1. The van der Waals surface area contributed by atoms with Crippen LogP contribution in [0.15, 0.2) is 23.2 Å². The minimum atomic E-state index is -0.362. The topological polar surface area (TPSA) is 58.7 Å². The summed E-state index contributed by atoms with van der Waals surface area (Å²) in [6.45, 7) is 10.7. The van der Waals surface area contributed by atoms with Gasteiger partial charge in [0.15, 0.2) is 0 Å². The van der Waals surface area contributed by atoms with Crippen LogP contribution in [0.2, 0.25) is 0 Å². The van der Waals surface area contributed by atoms with Gasteiger partial charge in [0.2, 0.25) is 0 Å². The monoisotopic (exact) mass is 317 g/mol. The van der Waals surface area contributed by atoms with E-state index in [9.17, 15) is 10.1 Å². The Hall–Kier alpha value is -1.91. The summed E-state index contributed by atoms with van der Waals surface area (Å²) < 4.78 is 0. The lowest BCUT2D eigenvalue weighted by Gasteiger charge is -2.42. The van der Waals surface area contributed by atoms with E-state index in [0.717, 1.165) is 17.1 Å². The highest BCUT2D eigenvalue weighted by Crippen LogP contribution is 2.29. The Morgan fingerprint density at radius 1 is 1.30 bits per heavy atom. The van der Waals surface area contributed by atoms with Gasteiger partial charge in [0.1, 0.15) is 5.84 Å². The van der Waals surface area contributed by atoms with Crippen molar-refractivity contribution in [1.82, 2.24) is 4.90 Å². The van der Waals surface area contributed by atoms with Crippen molar-refractivity contribution in [3.63, 3.8) is 0 Å². The van der Waals surface area contributed by atoms with Gasteiger partial charge in [-0.3, -0.25) is 10.1 Å². The molecule has 1 saturated heterocycles. The number of non-ortho nitro benzene ring substituents is 1. The molecule has 0 aliphatic carbocycles. The molecule has 1 heterocycles. The third kappa shape index (κ3) is 3.89. The second kappa shape index (κ2) is 7.11. The molecule has 0 amide bonds. The number of benzene rings is 1. The highest BCUT2D eigenvalue weighted by Gasteiger charge is 2.29. The largest absolute Gasteiger partial charge is 0.354 e. The minimum Gasteiger partial charge on any atom is -0.354 e. The minimum absolute atomic E-state index is 0.118. The Morgan fingerprint density at radius 3 is 2.39 bits per heavy atom. The number of likely N-dealkylation sites (tertiary alicyclic amines) is 1. The number of nitrogens with zero attached hydrogens (tertiary/aromatic N) is 3. The second-order valence-electron chi connectivity index (χ2n) is 6.89. The van der Waals surface area contributed by atoms with Crippen LogP contribution in [-0.2, 0) is 0 Å². The van der Waals surface area contributed by atoms with Gasteiger partial charge in [-0.2, -0.15) is 0 Å². The first-order valence-corrected chi connectivity index (χ1v) is 8.43. The fraction of sp³-hybridized carbons (Fsp3) is 0.611. The fourth-order valence-corrected chi connectivity index (χ4v) is 3.36. The van der Waals surface area contributed by atoms with Gasteiger partial charge in [-0.05, 0) is 51.7 Å². The Morgan fingerprint density at radius 2 is 1.91 bits per heavy atom. The molecule has 1 fully saturated rings. The van der Waals surface area contributed by atoms with Crippen molar-refractivity contribution < 1.29 is 4.92 Å². The van der Waals surface area contributed by atoms with Crippen molar-refractivity contribution in [2.75, 3.05) is 0 Å². The number of amidine groups is 1. The number of nitro groups is 1. The van der Waals surface area contributed by atoms with E-state index in [4.69, 9.17) is 4.99 Å². The Bertz CT molecular complexity index is 600. The molecule has 0 bridgehead atoms. The van der Waals surface area contributed by atoms with Gasteiger partial charge in [-0.1, -0.05) is 13.8 Å². The summed E-state index contributed by atoms with van der Waals surface area (Å²) in [5.74, 6) is 1.40. The van der Waals surface area contributed by atoms with E-state index >= 15 is 0 Å². The van der Waals surface area contributed by atoms with Crippen molar-refractivity contribution in [2.45, 2.75) is 66.0 Å². The molecule has 2 atom stereocenters. The lowest BCUT2D eigenvalue weighted by molar-refractivity contribution is -0.384. The molecule has 0 spiro atoms. The second-order valence-corrected chi connectivity index (χ2v) is 6.89. The predicted octanol–water partition coefficient (Wildman–Crippen LogP) is 4.85. The smallest absolute Gasteiger partial charge is 0.269 e. The maximum atomic E-state index is 10.9. The van der Waals surface area contributed by atoms with Crippen LogP contribution >= 0.6 is 0 Å². The Kier molecular flexibility index (Phi) is 5.39. The summed E-state index contributed by atoms with van der Waals surface area (Å²) in [6, 6.07) is 5.86. The Balaban J connectivity index is 2.41. The van der Waals surface area contributed by atoms with E-state index < -0.39 is 0 Å². The van der Waals surface area contributed by atoms with Crippen molar-refractivity contribution in [3.8, 4) is 0 Å². The molecule has 0 saturated carbocycles. The van der Waals surface area contributed by atoms with Gasteiger partial charge in [-0.25, -0.2) is 4.99 Å². The molecular formula is C18H27N3O2. The van der Waals surface area contributed by atoms with Crippen LogP contribution in [0, 0.1) is 23.0 Å². The first-order chi connectivity index (χ1) is 10.8. The highest BCUT2D eigenvalue weighted by atomic mass is 16.6. The van der Waals surface area contributed by atoms with E-state index in [0.29, 0.717) is 18.0 Å². The predicted molar refractivity (Wildman–Crippen MR) is 94.4 cm³/mol. The van der Waals surface area contributed by atoms with Crippen LogP contribution in [0.1, 0.15) is 52.5 Å². The van der Waals surface area contributed by atoms with Gasteiger partial charge < -0.3 is 4.90 Å². The van der Waals surface area contributed by atoms with Gasteiger partial charge in [0, 0.05) is 30.1 Å². The molecule has 1 aliphatic rings. The van der Waals surface area contributed by atoms with E-state index in [1.807, 2.05) is 6.92 Å². The van der Waals surface area contributed by atoms with Crippen LogP contribution in [-0.4, -0.2) is 27.7 Å². The van der Waals surface area contributed by atoms with Gasteiger partial charge in [0.05, 0.1) is 10.6 Å². The molecule has 126 valence electrons. The molecule has 0 radical (unpaired) electrons. The van der Waals surface area contributed by atoms with Crippen LogP contribution in [0.25, 0.3) is 0 Å². The highest BCUT2D eigenvalue weighted by molar-refractivity contribution is 5.87. The third-order valence-corrected chi connectivity index (χ3v) is 4.60. The van der Waals surface area contributed by atoms with Crippen molar-refractivity contribution in [3.05, 3.63) is 33.9 Å². The van der Waals surface area contributed by atoms with E-state index in [-0.39, 0.29) is 10.6 Å². The summed E-state index contributed by atoms with van der Waals surface area (Å²) in [6.07, 6.45) is 3.64. The normalized spacial score (nSPS) is 22.5. The SMILES string of the molecule is Cc1cc([N+](=O)[O-])ccc1N=C(C(C)C)N1C(C)CCCC1C. The number of hydrogen-bond donors (Lipinski definition) is 0. The Labute approximate surface area is 138 Å². The lowest BCUT2D eigenvalue weighted by atomic mass is 9.95. The summed E-state index contributed by atoms with van der Waals surface area (Å²) in [5, 5.41) is 10.9. The summed E-state index contributed by atoms with van der Waals surface area (Å²) in [4.78, 5) is 17.9. The van der Waals surface area contributed by atoms with Gasteiger partial charge in [-0.15, -0.1) is 0 Å². The number of aliphatic imine (C=N–C) groups is 1. The number of nitro benzene ring substituents is 1. The third-order valence-electron chi connectivity index (χ3n) is 4.60. The number of hydrogen-bond acceptors (Lipinski definition) is 3. The number of rotatable bonds is 3. The molecule has 2 rings (SSSR count). The maximum absolute atomic E-state index is 10.9. The van der Waals surface area contributed by atoms with Crippen LogP contribution in [0.3, 0.4) is 0 Å². The average molecular weight is 317 g/mol. The molecule has 1 aromatic carbocycles. The van der Waals surface area contributed by atoms with Crippen LogP contribution in [0.5, 0.6) is 0 Å². The fourth-order valence-electron chi connectivity index (χ4n) is 3.36. The number of aryl methyl sites for hydroxylation is 1. The van der Waals surface area contributed by atoms with Crippen molar-refractivity contribution in [1.29, 1.82) is 0 Å². The molecular weight excluding hydrogens is 290 g/mol. The van der Waals surface area contributed by atoms with E-state index in [1.54, 1.807) is 12.1 Å². The molecule has 1 aromatic rings. The molecule has 0 aromatic heterocycles. The lowest BCUT2D eigenvalue weighted by Crippen LogP contribution is -2.49. The molecule has 1 aliphatic heterocycles. The molecule has 5 heteroatoms. The first kappa shape index (κ1) is 17.4. The quantitative estimate of drug-likeness (QED) is 0.346. The van der Waals surface area contributed by atoms with Crippen molar-refractivity contribution >= 4 is 17.2 Å². The standard InChI is InChI=1S/C18H27N3O2/c1-12(2)18(20-14(4)7-6-8-15(20)5)19-17-10-9-16(21(22)23)11-13(17)3/h9-12,14-15H,6-8H2,1-5H3. The molecule has 23 heavy (non-hydrogen) atoms. The zero-order valence-corrected chi connectivity index (χ0v) is 14.7. The van der Waals surface area contributed by atoms with Crippen LogP contribution in [0.4, 0.5) is 11.4 Å². The first-order valence-electron chi connectivity index (χ1n) is 8.43. The van der Waals surface area contributed by atoms with Crippen molar-refractivity contribution in [2.24, 2.45) is 10.9 Å². The molecule has 0 N–H and O–H groups in total. The molecule has 5 nitrogen and oxygen atoms in total. The van der Waals surface area contributed by atoms with E-state index in [1.165, 1.54) is 25.3 Å². The summed E-state index contributed by atoms with van der Waals surface area (Å²) in [7, 11) is 0. The zero-order chi connectivity index (χ0) is 17.1. The zero-order valence-electron chi connectivity index (χ0n) is 14.7. The summed E-state index contributed by atoms with van der Waals surface area (Å²) in [5.41, 5.74) is 1.78. The maximum Gasteiger partial charge on any atom is 0.269 e. The average Bonchev–Trinajstić information content (AvgIpc) is 2.47. The van der Waals surface area contributed by atoms with Gasteiger partial charge in [0.25, 0.3) is 5.69 Å². The van der Waals surface area contributed by atoms with E-state index in [2.05, 4.69) is 32.6 Å². The molecule has 2 unspecified atom stereocenters. The van der Waals surface area contributed by atoms with Gasteiger partial charge >= 0.3 is 0 Å². The van der Waals surface area contributed by atoms with Crippen LogP contribution < -0.4 is 0 Å².